The first-order valence-corrected chi connectivity index (χ1v) is 8.02. The highest BCUT2D eigenvalue weighted by atomic mass is 19.1. The van der Waals surface area contributed by atoms with Crippen molar-refractivity contribution in [2.75, 3.05) is 26.4 Å². The third-order valence-corrected chi connectivity index (χ3v) is 4.04. The van der Waals surface area contributed by atoms with E-state index in [0.717, 1.165) is 6.42 Å². The Hall–Kier alpha value is -2.40. The Bertz CT molecular complexity index is 660. The van der Waals surface area contributed by atoms with Gasteiger partial charge in [0.15, 0.2) is 6.61 Å². The lowest BCUT2D eigenvalue weighted by Crippen LogP contribution is -2.51. The molecule has 5 heteroatoms. The Kier molecular flexibility index (Phi) is 5.43. The molecule has 1 fully saturated rings. The monoisotopic (exact) mass is 329 g/mol. The van der Waals surface area contributed by atoms with Crippen molar-refractivity contribution in [3.8, 4) is 5.75 Å². The van der Waals surface area contributed by atoms with Crippen molar-refractivity contribution in [1.82, 2.24) is 4.90 Å². The molecule has 0 aliphatic carbocycles. The Labute approximate surface area is 140 Å². The topological polar surface area (TPSA) is 38.8 Å². The molecule has 0 radical (unpaired) electrons. The summed E-state index contributed by atoms with van der Waals surface area (Å²) in [6.45, 7) is 1.56. The van der Waals surface area contributed by atoms with Crippen LogP contribution in [-0.4, -0.2) is 43.2 Å². The number of carbonyl (C=O) groups excluding carboxylic acids is 1. The number of hydrogen-bond acceptors (Lipinski definition) is 3. The first-order valence-electron chi connectivity index (χ1n) is 8.02. The van der Waals surface area contributed by atoms with E-state index >= 15 is 0 Å². The molecule has 1 saturated heterocycles. The van der Waals surface area contributed by atoms with Crippen LogP contribution >= 0.6 is 0 Å². The maximum Gasteiger partial charge on any atom is 0.260 e. The number of halogens is 1. The third kappa shape index (κ3) is 4.32. The highest BCUT2D eigenvalue weighted by Crippen LogP contribution is 2.15. The van der Waals surface area contributed by atoms with Gasteiger partial charge in [-0.05, 0) is 36.2 Å². The van der Waals surface area contributed by atoms with Gasteiger partial charge in [-0.25, -0.2) is 4.39 Å². The van der Waals surface area contributed by atoms with Crippen LogP contribution in [0, 0.1) is 5.82 Å². The number of ether oxygens (including phenoxy) is 2. The van der Waals surface area contributed by atoms with Gasteiger partial charge in [0, 0.05) is 6.54 Å². The smallest absolute Gasteiger partial charge is 0.260 e. The fraction of sp³-hybridized carbons (Fsp3) is 0.316. The van der Waals surface area contributed by atoms with Crippen molar-refractivity contribution in [2.24, 2.45) is 0 Å². The summed E-state index contributed by atoms with van der Waals surface area (Å²) < 4.78 is 23.9. The Morgan fingerprint density at radius 3 is 2.67 bits per heavy atom. The molecule has 24 heavy (non-hydrogen) atoms. The van der Waals surface area contributed by atoms with Gasteiger partial charge in [-0.15, -0.1) is 0 Å². The Morgan fingerprint density at radius 2 is 1.92 bits per heavy atom. The lowest BCUT2D eigenvalue weighted by Gasteiger charge is -2.35. The maximum absolute atomic E-state index is 12.9. The normalized spacial score (nSPS) is 17.5. The zero-order chi connectivity index (χ0) is 16.8. The average molecular weight is 329 g/mol. The summed E-state index contributed by atoms with van der Waals surface area (Å²) in [5.41, 5.74) is 1.17. The second-order valence-corrected chi connectivity index (χ2v) is 5.75. The Morgan fingerprint density at radius 1 is 1.17 bits per heavy atom. The van der Waals surface area contributed by atoms with Gasteiger partial charge >= 0.3 is 0 Å². The van der Waals surface area contributed by atoms with Crippen molar-refractivity contribution in [1.29, 1.82) is 0 Å². The largest absolute Gasteiger partial charge is 0.484 e. The molecule has 2 aromatic rings. The van der Waals surface area contributed by atoms with Crippen molar-refractivity contribution >= 4 is 5.91 Å². The molecule has 0 spiro atoms. The van der Waals surface area contributed by atoms with Crippen LogP contribution in [-0.2, 0) is 16.0 Å². The molecule has 3 rings (SSSR count). The summed E-state index contributed by atoms with van der Waals surface area (Å²) in [4.78, 5) is 14.3. The second-order valence-electron chi connectivity index (χ2n) is 5.75. The zero-order valence-corrected chi connectivity index (χ0v) is 13.4. The van der Waals surface area contributed by atoms with Gasteiger partial charge in [0.25, 0.3) is 5.91 Å². The van der Waals surface area contributed by atoms with Crippen LogP contribution in [0.3, 0.4) is 0 Å². The second kappa shape index (κ2) is 7.93. The van der Waals surface area contributed by atoms with Crippen LogP contribution < -0.4 is 4.74 Å². The van der Waals surface area contributed by atoms with E-state index in [1.54, 1.807) is 0 Å². The fourth-order valence-corrected chi connectivity index (χ4v) is 2.80. The summed E-state index contributed by atoms with van der Waals surface area (Å²) >= 11 is 0. The van der Waals surface area contributed by atoms with Gasteiger partial charge in [0.1, 0.15) is 11.6 Å². The number of hydrogen-bond donors (Lipinski definition) is 0. The summed E-state index contributed by atoms with van der Waals surface area (Å²) in [6.07, 6.45) is 0.753. The van der Waals surface area contributed by atoms with Crippen molar-refractivity contribution < 1.29 is 18.7 Å². The zero-order valence-electron chi connectivity index (χ0n) is 13.4. The van der Waals surface area contributed by atoms with Crippen molar-refractivity contribution in [2.45, 2.75) is 12.5 Å². The molecule has 0 N–H and O–H groups in total. The quantitative estimate of drug-likeness (QED) is 0.846. The lowest BCUT2D eigenvalue weighted by atomic mass is 10.0. The average Bonchev–Trinajstić information content (AvgIpc) is 2.62. The SMILES string of the molecule is O=C(COc1ccc(F)cc1)N1CCOCC1Cc1ccccc1. The minimum atomic E-state index is -0.329. The van der Waals surface area contributed by atoms with Crippen LogP contribution in [0.15, 0.2) is 54.6 Å². The summed E-state index contributed by atoms with van der Waals surface area (Å²) in [5, 5.41) is 0. The van der Waals surface area contributed by atoms with Crippen LogP contribution in [0.1, 0.15) is 5.56 Å². The van der Waals surface area contributed by atoms with Gasteiger partial charge in [-0.3, -0.25) is 4.79 Å². The van der Waals surface area contributed by atoms with E-state index in [0.29, 0.717) is 25.5 Å². The van der Waals surface area contributed by atoms with E-state index < -0.39 is 0 Å². The Balaban J connectivity index is 1.59. The van der Waals surface area contributed by atoms with Crippen LogP contribution in [0.2, 0.25) is 0 Å². The van der Waals surface area contributed by atoms with E-state index in [-0.39, 0.29) is 24.4 Å². The maximum atomic E-state index is 12.9. The summed E-state index contributed by atoms with van der Waals surface area (Å²) in [7, 11) is 0. The standard InChI is InChI=1S/C19H20FNO3/c20-16-6-8-18(9-7-16)24-14-19(22)21-10-11-23-13-17(21)12-15-4-2-1-3-5-15/h1-9,17H,10-14H2. The third-order valence-electron chi connectivity index (χ3n) is 4.04. The minimum absolute atomic E-state index is 0.00506. The van der Waals surface area contributed by atoms with Gasteiger partial charge in [0.05, 0.1) is 19.3 Å². The van der Waals surface area contributed by atoms with E-state index in [1.807, 2.05) is 35.2 Å². The molecule has 0 bridgehead atoms. The molecule has 1 atom stereocenters. The van der Waals surface area contributed by atoms with Crippen LogP contribution in [0.25, 0.3) is 0 Å². The van der Waals surface area contributed by atoms with Gasteiger partial charge < -0.3 is 14.4 Å². The predicted octanol–water partition coefficient (Wildman–Crippen LogP) is 2.67. The van der Waals surface area contributed by atoms with E-state index in [4.69, 9.17) is 9.47 Å². The molecule has 0 saturated carbocycles. The molecule has 0 aromatic heterocycles. The molecule has 2 aromatic carbocycles. The molecular formula is C19H20FNO3. The number of carbonyl (C=O) groups is 1. The molecule has 1 unspecified atom stereocenters. The summed E-state index contributed by atoms with van der Waals surface area (Å²) in [6, 6.07) is 15.7. The van der Waals surface area contributed by atoms with Gasteiger partial charge in [0.2, 0.25) is 0 Å². The highest BCUT2D eigenvalue weighted by Gasteiger charge is 2.27. The predicted molar refractivity (Wildman–Crippen MR) is 88.4 cm³/mol. The number of benzene rings is 2. The molecule has 4 nitrogen and oxygen atoms in total. The molecule has 1 amide bonds. The van der Waals surface area contributed by atoms with E-state index in [1.165, 1.54) is 29.8 Å². The van der Waals surface area contributed by atoms with Gasteiger partial charge in [-0.1, -0.05) is 30.3 Å². The van der Waals surface area contributed by atoms with Crippen molar-refractivity contribution in [3.05, 3.63) is 66.0 Å². The number of morpholine rings is 1. The lowest BCUT2D eigenvalue weighted by molar-refractivity contribution is -0.142. The van der Waals surface area contributed by atoms with Gasteiger partial charge in [-0.2, -0.15) is 0 Å². The minimum Gasteiger partial charge on any atom is -0.484 e. The van der Waals surface area contributed by atoms with E-state index in [2.05, 4.69) is 0 Å². The molecule has 1 aliphatic rings. The first kappa shape index (κ1) is 16.5. The molecular weight excluding hydrogens is 309 g/mol. The molecule has 126 valence electrons. The fourth-order valence-electron chi connectivity index (χ4n) is 2.80. The first-order chi connectivity index (χ1) is 11.7. The molecule has 1 aliphatic heterocycles. The number of rotatable bonds is 5. The highest BCUT2D eigenvalue weighted by molar-refractivity contribution is 5.78. The van der Waals surface area contributed by atoms with Crippen LogP contribution in [0.4, 0.5) is 4.39 Å². The number of nitrogens with zero attached hydrogens (tertiary/aromatic N) is 1. The van der Waals surface area contributed by atoms with Crippen LogP contribution in [0.5, 0.6) is 5.75 Å². The van der Waals surface area contributed by atoms with E-state index in [9.17, 15) is 9.18 Å². The summed E-state index contributed by atoms with van der Waals surface area (Å²) in [5.74, 6) is 0.0750. The number of amides is 1. The van der Waals surface area contributed by atoms with Crippen molar-refractivity contribution in [3.63, 3.8) is 0 Å². The molecule has 1 heterocycles.